The lowest BCUT2D eigenvalue weighted by Crippen LogP contribution is -2.11. The molecule has 0 bridgehead atoms. The first-order valence-electron chi connectivity index (χ1n) is 8.44. The lowest BCUT2D eigenvalue weighted by Gasteiger charge is -2.08. The molecule has 0 radical (unpaired) electrons. The van der Waals surface area contributed by atoms with Gasteiger partial charge in [-0.3, -0.25) is 4.79 Å². The van der Waals surface area contributed by atoms with Crippen LogP contribution in [0.3, 0.4) is 0 Å². The number of nitrogens with zero attached hydrogens (tertiary/aromatic N) is 1. The molecule has 0 saturated carbocycles. The third-order valence-electron chi connectivity index (χ3n) is 3.93. The molecular weight excluding hydrogens is 374 g/mol. The molecule has 0 fully saturated rings. The number of hydrogen-bond acceptors (Lipinski definition) is 5. The summed E-state index contributed by atoms with van der Waals surface area (Å²) in [6.07, 6.45) is 0. The number of aryl methyl sites for hydroxylation is 1. The summed E-state index contributed by atoms with van der Waals surface area (Å²) in [5, 5.41) is 3.94. The molecule has 0 atom stereocenters. The summed E-state index contributed by atoms with van der Waals surface area (Å²) >= 11 is 3.16. The van der Waals surface area contributed by atoms with E-state index in [0.717, 1.165) is 31.5 Å². The van der Waals surface area contributed by atoms with Gasteiger partial charge in [0, 0.05) is 21.8 Å². The third-order valence-corrected chi connectivity index (χ3v) is 5.73. The molecular formula is C21H17N3OS2. The standard InChI is InChI=1S/C21H17N3OS2/c1-14-22-19-13-15(7-12-20(19)26-14)21(25)23-16-8-10-18(11-9-16)27-24-17-5-3-2-4-6-17/h2-13,24H,1H3,(H,23,25). The Morgan fingerprint density at radius 3 is 2.52 bits per heavy atom. The van der Waals surface area contributed by atoms with Crippen LogP contribution in [0.5, 0.6) is 0 Å². The van der Waals surface area contributed by atoms with Gasteiger partial charge in [0.1, 0.15) is 0 Å². The van der Waals surface area contributed by atoms with Crippen molar-refractivity contribution in [2.24, 2.45) is 0 Å². The summed E-state index contributed by atoms with van der Waals surface area (Å²) in [5.74, 6) is -0.134. The lowest BCUT2D eigenvalue weighted by atomic mass is 10.2. The van der Waals surface area contributed by atoms with Crippen molar-refractivity contribution in [1.29, 1.82) is 0 Å². The Bertz CT molecular complexity index is 1080. The summed E-state index contributed by atoms with van der Waals surface area (Å²) in [5.41, 5.74) is 3.28. The smallest absolute Gasteiger partial charge is 0.255 e. The van der Waals surface area contributed by atoms with Gasteiger partial charge >= 0.3 is 0 Å². The van der Waals surface area contributed by atoms with Crippen LogP contribution in [0.15, 0.2) is 77.7 Å². The normalized spacial score (nSPS) is 10.7. The highest BCUT2D eigenvalue weighted by molar-refractivity contribution is 8.00. The van der Waals surface area contributed by atoms with Gasteiger partial charge in [-0.2, -0.15) is 0 Å². The van der Waals surface area contributed by atoms with Crippen LogP contribution in [0.1, 0.15) is 15.4 Å². The highest BCUT2D eigenvalue weighted by atomic mass is 32.2. The van der Waals surface area contributed by atoms with Crippen molar-refractivity contribution < 1.29 is 4.79 Å². The van der Waals surface area contributed by atoms with Crippen LogP contribution < -0.4 is 10.0 Å². The zero-order valence-electron chi connectivity index (χ0n) is 14.6. The van der Waals surface area contributed by atoms with Gasteiger partial charge in [-0.25, -0.2) is 4.98 Å². The fourth-order valence-corrected chi connectivity index (χ4v) is 4.07. The van der Waals surface area contributed by atoms with Crippen molar-refractivity contribution >= 4 is 50.8 Å². The Morgan fingerprint density at radius 2 is 1.74 bits per heavy atom. The molecule has 4 nitrogen and oxygen atoms in total. The predicted molar refractivity (Wildman–Crippen MR) is 115 cm³/mol. The maximum absolute atomic E-state index is 12.5. The van der Waals surface area contributed by atoms with Gasteiger partial charge in [-0.15, -0.1) is 11.3 Å². The molecule has 0 unspecified atom stereocenters. The van der Waals surface area contributed by atoms with E-state index in [2.05, 4.69) is 15.0 Å². The molecule has 3 aromatic carbocycles. The molecule has 27 heavy (non-hydrogen) atoms. The van der Waals surface area contributed by atoms with Crippen LogP contribution >= 0.6 is 23.3 Å². The van der Waals surface area contributed by atoms with Crippen molar-refractivity contribution in [1.82, 2.24) is 4.98 Å². The highest BCUT2D eigenvalue weighted by Gasteiger charge is 2.09. The largest absolute Gasteiger partial charge is 0.326 e. The molecule has 0 aliphatic carbocycles. The van der Waals surface area contributed by atoms with Crippen LogP contribution in [-0.2, 0) is 0 Å². The Labute approximate surface area is 165 Å². The minimum absolute atomic E-state index is 0.134. The Morgan fingerprint density at radius 1 is 0.963 bits per heavy atom. The topological polar surface area (TPSA) is 54.0 Å². The van der Waals surface area contributed by atoms with E-state index in [4.69, 9.17) is 0 Å². The molecule has 0 aliphatic heterocycles. The molecule has 1 aromatic heterocycles. The number of nitrogens with one attached hydrogen (secondary N) is 2. The van der Waals surface area contributed by atoms with Crippen molar-refractivity contribution in [2.45, 2.75) is 11.8 Å². The number of aromatic nitrogens is 1. The number of anilines is 2. The molecule has 1 heterocycles. The van der Waals surface area contributed by atoms with Crippen molar-refractivity contribution in [2.75, 3.05) is 10.0 Å². The van der Waals surface area contributed by atoms with E-state index in [0.29, 0.717) is 5.56 Å². The van der Waals surface area contributed by atoms with Crippen LogP contribution in [0, 0.1) is 6.92 Å². The second-order valence-electron chi connectivity index (χ2n) is 5.96. The first-order chi connectivity index (χ1) is 13.2. The maximum Gasteiger partial charge on any atom is 0.255 e. The summed E-state index contributed by atoms with van der Waals surface area (Å²) in [4.78, 5) is 18.0. The molecule has 4 aromatic rings. The van der Waals surface area contributed by atoms with Crippen LogP contribution in [0.2, 0.25) is 0 Å². The van der Waals surface area contributed by atoms with E-state index < -0.39 is 0 Å². The van der Waals surface area contributed by atoms with Crippen LogP contribution in [0.4, 0.5) is 11.4 Å². The Kier molecular flexibility index (Phi) is 5.09. The number of thiazole rings is 1. The van der Waals surface area contributed by atoms with E-state index in [-0.39, 0.29) is 5.91 Å². The average molecular weight is 392 g/mol. The molecule has 134 valence electrons. The van der Waals surface area contributed by atoms with Crippen LogP contribution in [-0.4, -0.2) is 10.9 Å². The number of carbonyl (C=O) groups is 1. The second-order valence-corrected chi connectivity index (χ2v) is 8.08. The van der Waals surface area contributed by atoms with E-state index in [1.807, 2.05) is 79.7 Å². The van der Waals surface area contributed by atoms with Gasteiger partial charge in [-0.05, 0) is 73.5 Å². The predicted octanol–water partition coefficient (Wildman–Crippen LogP) is 5.98. The summed E-state index contributed by atoms with van der Waals surface area (Å²) in [7, 11) is 0. The Hall–Kier alpha value is -2.83. The van der Waals surface area contributed by atoms with Gasteiger partial charge < -0.3 is 10.0 Å². The van der Waals surface area contributed by atoms with Crippen molar-refractivity contribution in [3.05, 3.63) is 83.4 Å². The van der Waals surface area contributed by atoms with Gasteiger partial charge in [0.05, 0.1) is 15.2 Å². The lowest BCUT2D eigenvalue weighted by molar-refractivity contribution is 0.102. The SMILES string of the molecule is Cc1nc2cc(C(=O)Nc3ccc(SNc4ccccc4)cc3)ccc2s1. The number of fused-ring (bicyclic) bond motifs is 1. The first kappa shape index (κ1) is 17.6. The number of amides is 1. The molecule has 0 saturated heterocycles. The minimum Gasteiger partial charge on any atom is -0.326 e. The monoisotopic (exact) mass is 391 g/mol. The minimum atomic E-state index is -0.134. The maximum atomic E-state index is 12.5. The number of benzene rings is 3. The molecule has 4 rings (SSSR count). The first-order valence-corrected chi connectivity index (χ1v) is 10.1. The number of rotatable bonds is 5. The van der Waals surface area contributed by atoms with E-state index in [1.165, 1.54) is 11.9 Å². The summed E-state index contributed by atoms with van der Waals surface area (Å²) < 4.78 is 4.38. The molecule has 0 spiro atoms. The number of carbonyl (C=O) groups excluding carboxylic acids is 1. The molecule has 0 aliphatic rings. The van der Waals surface area contributed by atoms with Crippen molar-refractivity contribution in [3.63, 3.8) is 0 Å². The summed E-state index contributed by atoms with van der Waals surface area (Å²) in [6, 6.07) is 23.4. The number of para-hydroxylation sites is 1. The fourth-order valence-electron chi connectivity index (χ4n) is 2.62. The van der Waals surface area contributed by atoms with E-state index in [9.17, 15) is 4.79 Å². The average Bonchev–Trinajstić information content (AvgIpc) is 3.07. The highest BCUT2D eigenvalue weighted by Crippen LogP contribution is 2.24. The van der Waals surface area contributed by atoms with Crippen molar-refractivity contribution in [3.8, 4) is 0 Å². The van der Waals surface area contributed by atoms with Gasteiger partial charge in [0.25, 0.3) is 5.91 Å². The Balaban J connectivity index is 1.40. The van der Waals surface area contributed by atoms with Gasteiger partial charge in [0.15, 0.2) is 0 Å². The quantitative estimate of drug-likeness (QED) is 0.411. The number of hydrogen-bond donors (Lipinski definition) is 2. The molecule has 1 amide bonds. The second kappa shape index (κ2) is 7.82. The third kappa shape index (κ3) is 4.30. The zero-order valence-corrected chi connectivity index (χ0v) is 16.2. The van der Waals surface area contributed by atoms with Gasteiger partial charge in [0.2, 0.25) is 0 Å². The van der Waals surface area contributed by atoms with Gasteiger partial charge in [-0.1, -0.05) is 18.2 Å². The van der Waals surface area contributed by atoms with E-state index >= 15 is 0 Å². The zero-order chi connectivity index (χ0) is 18.6. The molecule has 2 N–H and O–H groups in total. The van der Waals surface area contributed by atoms with Crippen LogP contribution in [0.25, 0.3) is 10.2 Å². The fraction of sp³-hybridized carbons (Fsp3) is 0.0476. The van der Waals surface area contributed by atoms with E-state index in [1.54, 1.807) is 11.3 Å². The summed E-state index contributed by atoms with van der Waals surface area (Å²) in [6.45, 7) is 1.97. The molecule has 6 heteroatoms.